The highest BCUT2D eigenvalue weighted by atomic mass is 16.5. The van der Waals surface area contributed by atoms with Gasteiger partial charge in [-0.25, -0.2) is 19.2 Å². The minimum Gasteiger partial charge on any atom is -0.492 e. The van der Waals surface area contributed by atoms with E-state index in [0.29, 0.717) is 18.6 Å². The maximum Gasteiger partial charge on any atom is 0.339 e. The second-order valence-corrected chi connectivity index (χ2v) is 10.7. The van der Waals surface area contributed by atoms with Gasteiger partial charge in [0.2, 0.25) is 0 Å². The van der Waals surface area contributed by atoms with E-state index in [-0.39, 0.29) is 71.0 Å². The van der Waals surface area contributed by atoms with E-state index in [0.717, 1.165) is 0 Å². The smallest absolute Gasteiger partial charge is 0.339 e. The van der Waals surface area contributed by atoms with Crippen molar-refractivity contribution in [3.05, 3.63) is 52.1 Å². The van der Waals surface area contributed by atoms with Gasteiger partial charge in [0.05, 0.1) is 24.4 Å². The van der Waals surface area contributed by atoms with E-state index < -0.39 is 23.9 Å². The summed E-state index contributed by atoms with van der Waals surface area (Å²) in [7, 11) is 0. The van der Waals surface area contributed by atoms with Gasteiger partial charge in [-0.2, -0.15) is 0 Å². The molecule has 0 aromatic heterocycles. The van der Waals surface area contributed by atoms with Gasteiger partial charge in [0.25, 0.3) is 0 Å². The van der Waals surface area contributed by atoms with Gasteiger partial charge in [-0.1, -0.05) is 35.1 Å². The van der Waals surface area contributed by atoms with E-state index >= 15 is 0 Å². The molecule has 2 rings (SSSR count). The quantitative estimate of drug-likeness (QED) is 0.197. The third-order valence-corrected chi connectivity index (χ3v) is 5.13. The van der Waals surface area contributed by atoms with Crippen molar-refractivity contribution >= 4 is 23.9 Å². The molecule has 2 aromatic rings. The summed E-state index contributed by atoms with van der Waals surface area (Å²) in [6, 6.07) is 5.11. The van der Waals surface area contributed by atoms with Gasteiger partial charge in [-0.05, 0) is 75.8 Å². The summed E-state index contributed by atoms with van der Waals surface area (Å²) in [6.07, 6.45) is 0.0959. The normalized spacial score (nSPS) is 10.6. The average Bonchev–Trinajstić information content (AvgIpc) is 2.81. The maximum atomic E-state index is 11.3. The van der Waals surface area contributed by atoms with Crippen LogP contribution in [-0.4, -0.2) is 63.1 Å². The van der Waals surface area contributed by atoms with Crippen molar-refractivity contribution in [2.75, 3.05) is 6.61 Å². The number of benzene rings is 2. The number of carboxylic acid groups (broad SMARTS) is 4. The Morgan fingerprint density at radius 2 is 0.952 bits per heavy atom. The standard InChI is InChI=1S/C15H20O6.C15H20O5.CH4/c1-8(2)7-20-12-5-11(15(18)19)13(21-9(3)4)6-10(12)14(16)17;1-8(2)5-10-6-13(20-9(3)4)12(15(18)19)7-11(10)14(16)17;/h5-6,8-9H,7H2,1-4H3,(H,16,17)(H,18,19);6-9H,5H2,1-4H3,(H,16,17)(H,18,19);1H4. The fourth-order valence-electron chi connectivity index (χ4n) is 3.57. The molecule has 0 saturated carbocycles. The van der Waals surface area contributed by atoms with Gasteiger partial charge < -0.3 is 34.6 Å². The number of carboxylic acids is 4. The lowest BCUT2D eigenvalue weighted by Crippen LogP contribution is -2.14. The van der Waals surface area contributed by atoms with Gasteiger partial charge in [0.15, 0.2) is 0 Å². The Bertz CT molecular complexity index is 1200. The Morgan fingerprint density at radius 1 is 0.571 bits per heavy atom. The summed E-state index contributed by atoms with van der Waals surface area (Å²) < 4.78 is 16.3. The molecule has 0 aliphatic heterocycles. The minimum absolute atomic E-state index is 0. The van der Waals surface area contributed by atoms with Crippen molar-refractivity contribution in [1.82, 2.24) is 0 Å². The van der Waals surface area contributed by atoms with Crippen LogP contribution < -0.4 is 14.2 Å². The van der Waals surface area contributed by atoms with Crippen molar-refractivity contribution < 1.29 is 53.8 Å². The zero-order chi connectivity index (χ0) is 31.6. The van der Waals surface area contributed by atoms with E-state index in [1.165, 1.54) is 24.3 Å². The van der Waals surface area contributed by atoms with Crippen LogP contribution in [0.3, 0.4) is 0 Å². The molecule has 0 radical (unpaired) electrons. The van der Waals surface area contributed by atoms with E-state index in [4.69, 9.17) is 14.2 Å². The molecular formula is C31H44O11. The van der Waals surface area contributed by atoms with Crippen LogP contribution >= 0.6 is 0 Å². The van der Waals surface area contributed by atoms with Gasteiger partial charge in [0, 0.05) is 0 Å². The fraction of sp³-hybridized carbons (Fsp3) is 0.484. The number of rotatable bonds is 13. The predicted octanol–water partition coefficient (Wildman–Crippen LogP) is 6.61. The number of hydrogen-bond donors (Lipinski definition) is 4. The molecule has 0 aliphatic carbocycles. The Hall–Kier alpha value is -4.28. The Kier molecular flexibility index (Phi) is 15.1. The first-order chi connectivity index (χ1) is 18.9. The molecule has 0 heterocycles. The van der Waals surface area contributed by atoms with Crippen LogP contribution in [0.4, 0.5) is 0 Å². The Balaban J connectivity index is 0.000000783. The van der Waals surface area contributed by atoms with Crippen LogP contribution in [0.2, 0.25) is 0 Å². The first-order valence-corrected chi connectivity index (χ1v) is 13.2. The highest BCUT2D eigenvalue weighted by Gasteiger charge is 2.22. The van der Waals surface area contributed by atoms with E-state index in [1.807, 2.05) is 27.7 Å². The molecule has 0 amide bonds. The number of aromatic carboxylic acids is 4. The van der Waals surface area contributed by atoms with Gasteiger partial charge in [-0.3, -0.25) is 0 Å². The molecule has 2 aromatic carbocycles. The predicted molar refractivity (Wildman–Crippen MR) is 158 cm³/mol. The monoisotopic (exact) mass is 592 g/mol. The molecule has 0 fully saturated rings. The summed E-state index contributed by atoms with van der Waals surface area (Å²) in [5, 5.41) is 36.9. The number of hydrogen-bond acceptors (Lipinski definition) is 7. The van der Waals surface area contributed by atoms with Crippen LogP contribution in [0.1, 0.15) is 110 Å². The van der Waals surface area contributed by atoms with E-state index in [2.05, 4.69) is 0 Å². The summed E-state index contributed by atoms with van der Waals surface area (Å²) in [5.41, 5.74) is 0.257. The Labute approximate surface area is 247 Å². The fourth-order valence-corrected chi connectivity index (χ4v) is 3.57. The topological polar surface area (TPSA) is 177 Å². The van der Waals surface area contributed by atoms with Crippen molar-refractivity contribution in [2.45, 2.75) is 81.4 Å². The highest BCUT2D eigenvalue weighted by molar-refractivity contribution is 5.98. The number of carbonyl (C=O) groups is 4. The lowest BCUT2D eigenvalue weighted by Gasteiger charge is -2.16. The molecule has 0 atom stereocenters. The van der Waals surface area contributed by atoms with Gasteiger partial charge in [-0.15, -0.1) is 0 Å². The molecule has 0 saturated heterocycles. The first kappa shape index (κ1) is 37.7. The SMILES string of the molecule is C.CC(C)COc1cc(C(=O)O)c(OC(C)C)cc1C(=O)O.CC(C)Cc1cc(OC(C)C)c(C(=O)O)cc1C(=O)O. The third-order valence-electron chi connectivity index (χ3n) is 5.13. The summed E-state index contributed by atoms with van der Waals surface area (Å²) in [4.78, 5) is 45.1. The molecular weight excluding hydrogens is 548 g/mol. The van der Waals surface area contributed by atoms with Gasteiger partial charge >= 0.3 is 23.9 Å². The second kappa shape index (κ2) is 16.9. The van der Waals surface area contributed by atoms with Crippen molar-refractivity contribution in [2.24, 2.45) is 11.8 Å². The lowest BCUT2D eigenvalue weighted by molar-refractivity contribution is 0.0670. The molecule has 11 nitrogen and oxygen atoms in total. The molecule has 0 unspecified atom stereocenters. The molecule has 42 heavy (non-hydrogen) atoms. The molecule has 4 N–H and O–H groups in total. The molecule has 0 spiro atoms. The number of ether oxygens (including phenoxy) is 3. The largest absolute Gasteiger partial charge is 0.492 e. The van der Waals surface area contributed by atoms with Crippen LogP contribution in [0.5, 0.6) is 17.2 Å². The van der Waals surface area contributed by atoms with Crippen molar-refractivity contribution in [1.29, 1.82) is 0 Å². The zero-order valence-corrected chi connectivity index (χ0v) is 24.7. The molecule has 0 bridgehead atoms. The van der Waals surface area contributed by atoms with Crippen LogP contribution in [0, 0.1) is 11.8 Å². The van der Waals surface area contributed by atoms with Crippen LogP contribution in [0.15, 0.2) is 24.3 Å². The van der Waals surface area contributed by atoms with Gasteiger partial charge in [0.1, 0.15) is 33.9 Å². The summed E-state index contributed by atoms with van der Waals surface area (Å²) >= 11 is 0. The molecule has 0 aliphatic rings. The summed E-state index contributed by atoms with van der Waals surface area (Å²) in [6.45, 7) is 15.1. The highest BCUT2D eigenvalue weighted by Crippen LogP contribution is 2.31. The van der Waals surface area contributed by atoms with Crippen LogP contribution in [0.25, 0.3) is 0 Å². The van der Waals surface area contributed by atoms with Crippen molar-refractivity contribution in [3.63, 3.8) is 0 Å². The average molecular weight is 593 g/mol. The zero-order valence-electron chi connectivity index (χ0n) is 24.7. The van der Waals surface area contributed by atoms with Crippen molar-refractivity contribution in [3.8, 4) is 17.2 Å². The van der Waals surface area contributed by atoms with Crippen LogP contribution in [-0.2, 0) is 6.42 Å². The first-order valence-electron chi connectivity index (χ1n) is 13.2. The maximum absolute atomic E-state index is 11.3. The summed E-state index contributed by atoms with van der Waals surface area (Å²) in [5.74, 6) is -4.00. The van der Waals surface area contributed by atoms with E-state index in [9.17, 15) is 39.6 Å². The van der Waals surface area contributed by atoms with E-state index in [1.54, 1.807) is 27.7 Å². The minimum atomic E-state index is -1.20. The lowest BCUT2D eigenvalue weighted by atomic mass is 9.95. The second-order valence-electron chi connectivity index (χ2n) is 10.7. The third kappa shape index (κ3) is 11.7. The molecule has 11 heteroatoms. The molecule has 234 valence electrons. The Morgan fingerprint density at radius 3 is 1.33 bits per heavy atom.